The fourth-order valence-electron chi connectivity index (χ4n) is 2.79. The largest absolute Gasteiger partial charge is 0.341 e. The van der Waals surface area contributed by atoms with Crippen LogP contribution in [0.1, 0.15) is 37.1 Å². The van der Waals surface area contributed by atoms with Crippen molar-refractivity contribution in [1.29, 1.82) is 5.26 Å². The van der Waals surface area contributed by atoms with Gasteiger partial charge < -0.3 is 4.90 Å². The molecule has 1 heterocycles. The maximum Gasteiger partial charge on any atom is 0.250 e. The van der Waals surface area contributed by atoms with E-state index in [1.54, 1.807) is 4.90 Å². The Bertz CT molecular complexity index is 590. The van der Waals surface area contributed by atoms with E-state index >= 15 is 0 Å². The molecule has 1 aromatic carbocycles. The van der Waals surface area contributed by atoms with E-state index in [0.29, 0.717) is 13.1 Å². The first-order chi connectivity index (χ1) is 10.5. The van der Waals surface area contributed by atoms with Crippen LogP contribution in [-0.2, 0) is 9.59 Å². The van der Waals surface area contributed by atoms with Gasteiger partial charge >= 0.3 is 0 Å². The highest BCUT2D eigenvalue weighted by Gasteiger charge is 2.48. The molecular formula is C17H19ClN2O2. The lowest BCUT2D eigenvalue weighted by Gasteiger charge is -2.29. The molecule has 0 N–H and O–H groups in total. The zero-order valence-corrected chi connectivity index (χ0v) is 13.3. The third kappa shape index (κ3) is 3.15. The van der Waals surface area contributed by atoms with Gasteiger partial charge in [0.15, 0.2) is 11.2 Å². The van der Waals surface area contributed by atoms with Crippen LogP contribution in [0, 0.1) is 16.7 Å². The second kappa shape index (κ2) is 6.93. The Labute approximate surface area is 135 Å². The molecule has 4 nitrogen and oxygen atoms in total. The van der Waals surface area contributed by atoms with Crippen LogP contribution in [0.15, 0.2) is 30.3 Å². The van der Waals surface area contributed by atoms with Crippen molar-refractivity contribution in [2.45, 2.75) is 31.6 Å². The first kappa shape index (κ1) is 16.5. The van der Waals surface area contributed by atoms with Crippen LogP contribution in [0.25, 0.3) is 0 Å². The molecule has 116 valence electrons. The minimum atomic E-state index is -1.69. The van der Waals surface area contributed by atoms with Gasteiger partial charge in [-0.25, -0.2) is 0 Å². The third-order valence-corrected chi connectivity index (χ3v) is 4.60. The summed E-state index contributed by atoms with van der Waals surface area (Å²) in [6.07, 6.45) is 1.82. The molecule has 0 aromatic heterocycles. The number of carbonyl (C=O) groups excluding carboxylic acids is 2. The molecular weight excluding hydrogens is 300 g/mol. The molecule has 1 aromatic rings. The van der Waals surface area contributed by atoms with Gasteiger partial charge in [-0.3, -0.25) is 9.59 Å². The van der Waals surface area contributed by atoms with Gasteiger partial charge in [0.1, 0.15) is 0 Å². The van der Waals surface area contributed by atoms with Crippen molar-refractivity contribution in [2.24, 2.45) is 5.41 Å². The molecule has 2 rings (SSSR count). The Morgan fingerprint density at radius 1 is 1.32 bits per heavy atom. The van der Waals surface area contributed by atoms with Crippen LogP contribution in [0.5, 0.6) is 0 Å². The number of rotatable bonds is 5. The SMILES string of the molecule is CC(=O)C(C#N)(CC(Cl)c1ccccc1)C(=O)N1CCCC1. The van der Waals surface area contributed by atoms with Crippen molar-refractivity contribution in [3.8, 4) is 6.07 Å². The lowest BCUT2D eigenvalue weighted by atomic mass is 9.78. The van der Waals surface area contributed by atoms with Gasteiger partial charge in [0, 0.05) is 19.5 Å². The fourth-order valence-corrected chi connectivity index (χ4v) is 3.17. The zero-order valence-electron chi connectivity index (χ0n) is 12.6. The molecule has 2 atom stereocenters. The van der Waals surface area contributed by atoms with E-state index in [4.69, 9.17) is 11.6 Å². The van der Waals surface area contributed by atoms with Gasteiger partial charge in [-0.1, -0.05) is 30.3 Å². The first-order valence-corrected chi connectivity index (χ1v) is 7.85. The maximum atomic E-state index is 12.7. The van der Waals surface area contributed by atoms with Gasteiger partial charge in [0.05, 0.1) is 11.4 Å². The molecule has 0 aliphatic carbocycles. The number of likely N-dealkylation sites (tertiary alicyclic amines) is 1. The van der Waals surface area contributed by atoms with E-state index in [9.17, 15) is 14.9 Å². The Hall–Kier alpha value is -1.86. The molecule has 2 unspecified atom stereocenters. The number of benzene rings is 1. The van der Waals surface area contributed by atoms with Crippen LogP contribution >= 0.6 is 11.6 Å². The number of nitrogens with zero attached hydrogens (tertiary/aromatic N) is 2. The Balaban J connectivity index is 2.28. The number of halogens is 1. The van der Waals surface area contributed by atoms with Crippen molar-refractivity contribution >= 4 is 23.3 Å². The summed E-state index contributed by atoms with van der Waals surface area (Å²) in [5.74, 6) is -0.838. The number of carbonyl (C=O) groups is 2. The average Bonchev–Trinajstić information content (AvgIpc) is 3.06. The normalized spacial score (nSPS) is 18.3. The minimum Gasteiger partial charge on any atom is -0.341 e. The molecule has 5 heteroatoms. The van der Waals surface area contributed by atoms with Crippen molar-refractivity contribution in [3.63, 3.8) is 0 Å². The summed E-state index contributed by atoms with van der Waals surface area (Å²) in [6.45, 7) is 2.51. The number of alkyl halides is 1. The summed E-state index contributed by atoms with van der Waals surface area (Å²) in [6, 6.07) is 11.2. The molecule has 1 saturated heterocycles. The molecule has 1 aliphatic rings. The first-order valence-electron chi connectivity index (χ1n) is 7.42. The second-order valence-corrected chi connectivity index (χ2v) is 6.18. The highest BCUT2D eigenvalue weighted by Crippen LogP contribution is 2.37. The van der Waals surface area contributed by atoms with E-state index in [0.717, 1.165) is 18.4 Å². The lowest BCUT2D eigenvalue weighted by Crippen LogP contribution is -2.46. The van der Waals surface area contributed by atoms with Crippen LogP contribution in [0.3, 0.4) is 0 Å². The molecule has 1 amide bonds. The second-order valence-electron chi connectivity index (χ2n) is 5.65. The monoisotopic (exact) mass is 318 g/mol. The number of hydrogen-bond donors (Lipinski definition) is 0. The van der Waals surface area contributed by atoms with Gasteiger partial charge in [-0.15, -0.1) is 11.6 Å². The number of amides is 1. The Kier molecular flexibility index (Phi) is 5.20. The minimum absolute atomic E-state index is 0.000262. The number of ketones is 1. The van der Waals surface area contributed by atoms with Crippen molar-refractivity contribution in [3.05, 3.63) is 35.9 Å². The summed E-state index contributed by atoms with van der Waals surface area (Å²) >= 11 is 6.39. The molecule has 0 spiro atoms. The summed E-state index contributed by atoms with van der Waals surface area (Å²) in [4.78, 5) is 26.5. The maximum absolute atomic E-state index is 12.7. The summed E-state index contributed by atoms with van der Waals surface area (Å²) in [5, 5.41) is 9.04. The molecule has 0 saturated carbocycles. The standard InChI is InChI=1S/C17H19ClN2O2/c1-13(21)17(12-19,16(22)20-9-5-6-10-20)11-15(18)14-7-3-2-4-8-14/h2-4,7-8,15H,5-6,9-11H2,1H3. The van der Waals surface area contributed by atoms with Crippen molar-refractivity contribution in [2.75, 3.05) is 13.1 Å². The van der Waals surface area contributed by atoms with E-state index in [2.05, 4.69) is 0 Å². The summed E-state index contributed by atoms with van der Waals surface area (Å²) < 4.78 is 0. The molecule has 0 radical (unpaired) electrons. The van der Waals surface area contributed by atoms with Gasteiger partial charge in [0.25, 0.3) is 5.91 Å². The summed E-state index contributed by atoms with van der Waals surface area (Å²) in [7, 11) is 0. The zero-order chi connectivity index (χ0) is 16.2. The molecule has 22 heavy (non-hydrogen) atoms. The smallest absolute Gasteiger partial charge is 0.250 e. The van der Waals surface area contributed by atoms with Crippen LogP contribution in [0.2, 0.25) is 0 Å². The average molecular weight is 319 g/mol. The van der Waals surface area contributed by atoms with E-state index in [1.807, 2.05) is 36.4 Å². The Morgan fingerprint density at radius 3 is 2.41 bits per heavy atom. The van der Waals surface area contributed by atoms with Crippen LogP contribution in [0.4, 0.5) is 0 Å². The van der Waals surface area contributed by atoms with Crippen LogP contribution < -0.4 is 0 Å². The third-order valence-electron chi connectivity index (χ3n) is 4.20. The number of nitriles is 1. The topological polar surface area (TPSA) is 61.2 Å². The van der Waals surface area contributed by atoms with Crippen molar-refractivity contribution < 1.29 is 9.59 Å². The van der Waals surface area contributed by atoms with Crippen LogP contribution in [-0.4, -0.2) is 29.7 Å². The Morgan fingerprint density at radius 2 is 1.91 bits per heavy atom. The van der Waals surface area contributed by atoms with Gasteiger partial charge in [-0.2, -0.15) is 5.26 Å². The summed E-state index contributed by atoms with van der Waals surface area (Å²) in [5.41, 5.74) is -0.883. The highest BCUT2D eigenvalue weighted by atomic mass is 35.5. The molecule has 0 bridgehead atoms. The quantitative estimate of drug-likeness (QED) is 0.619. The number of hydrogen-bond acceptors (Lipinski definition) is 3. The van der Waals surface area contributed by atoms with E-state index in [1.165, 1.54) is 6.92 Å². The highest BCUT2D eigenvalue weighted by molar-refractivity contribution is 6.21. The predicted molar refractivity (Wildman–Crippen MR) is 84.2 cm³/mol. The van der Waals surface area contributed by atoms with Gasteiger partial charge in [-0.05, 0) is 25.3 Å². The van der Waals surface area contributed by atoms with E-state index in [-0.39, 0.29) is 6.42 Å². The number of Topliss-reactive ketones (excluding diaryl/α,β-unsaturated/α-hetero) is 1. The molecule has 1 aliphatic heterocycles. The molecule has 1 fully saturated rings. The van der Waals surface area contributed by atoms with E-state index < -0.39 is 22.5 Å². The predicted octanol–water partition coefficient (Wildman–Crippen LogP) is 3.08. The fraction of sp³-hybridized carbons (Fsp3) is 0.471. The lowest BCUT2D eigenvalue weighted by molar-refractivity contribution is -0.144. The van der Waals surface area contributed by atoms with Crippen molar-refractivity contribution in [1.82, 2.24) is 4.90 Å². The van der Waals surface area contributed by atoms with Gasteiger partial charge in [0.2, 0.25) is 0 Å².